The Morgan fingerprint density at radius 2 is 1.92 bits per heavy atom. The smallest absolute Gasteiger partial charge is 0.234 e. The molecule has 0 spiro atoms. The summed E-state index contributed by atoms with van der Waals surface area (Å²) < 4.78 is 10.7. The number of hydrogen-bond acceptors (Lipinski definition) is 4. The average molecular weight is 326 g/mol. The van der Waals surface area contributed by atoms with Gasteiger partial charge >= 0.3 is 0 Å². The van der Waals surface area contributed by atoms with Gasteiger partial charge in [-0.3, -0.25) is 9.69 Å². The quantitative estimate of drug-likeness (QED) is 0.887. The second-order valence-electron chi connectivity index (χ2n) is 6.06. The zero-order valence-electron chi connectivity index (χ0n) is 14.0. The van der Waals surface area contributed by atoms with Gasteiger partial charge < -0.3 is 14.8 Å². The van der Waals surface area contributed by atoms with E-state index in [0.29, 0.717) is 13.1 Å². The third kappa shape index (κ3) is 4.06. The van der Waals surface area contributed by atoms with Gasteiger partial charge in [0.1, 0.15) is 0 Å². The number of fused-ring (bicyclic) bond motifs is 1. The minimum atomic E-state index is -0.00218. The van der Waals surface area contributed by atoms with Crippen molar-refractivity contribution in [1.82, 2.24) is 10.2 Å². The fraction of sp³-hybridized carbons (Fsp3) is 0.316. The molecule has 24 heavy (non-hydrogen) atoms. The van der Waals surface area contributed by atoms with E-state index in [4.69, 9.17) is 9.47 Å². The topological polar surface area (TPSA) is 50.8 Å². The van der Waals surface area contributed by atoms with Crippen LogP contribution in [-0.4, -0.2) is 31.2 Å². The van der Waals surface area contributed by atoms with Crippen molar-refractivity contribution in [2.24, 2.45) is 0 Å². The van der Waals surface area contributed by atoms with E-state index < -0.39 is 0 Å². The lowest BCUT2D eigenvalue weighted by Gasteiger charge is -2.19. The summed E-state index contributed by atoms with van der Waals surface area (Å²) in [5, 5.41) is 3.03. The summed E-state index contributed by atoms with van der Waals surface area (Å²) in [4.78, 5) is 14.2. The van der Waals surface area contributed by atoms with Crippen LogP contribution in [-0.2, 0) is 11.3 Å². The van der Waals surface area contributed by atoms with E-state index in [9.17, 15) is 4.79 Å². The molecule has 2 aromatic carbocycles. The Labute approximate surface area is 142 Å². The Kier molecular flexibility index (Phi) is 5.01. The van der Waals surface area contributed by atoms with E-state index in [0.717, 1.165) is 22.6 Å². The molecule has 1 aliphatic rings. The van der Waals surface area contributed by atoms with Gasteiger partial charge in [-0.25, -0.2) is 0 Å². The molecule has 5 nitrogen and oxygen atoms in total. The first-order chi connectivity index (χ1) is 11.6. The monoisotopic (exact) mass is 326 g/mol. The van der Waals surface area contributed by atoms with Crippen LogP contribution in [0.15, 0.2) is 48.5 Å². The van der Waals surface area contributed by atoms with Crippen LogP contribution in [0.1, 0.15) is 24.1 Å². The molecule has 126 valence electrons. The molecule has 1 aliphatic heterocycles. The molecule has 0 fully saturated rings. The van der Waals surface area contributed by atoms with Crippen LogP contribution in [0.25, 0.3) is 0 Å². The molecule has 3 rings (SSSR count). The third-order valence-corrected chi connectivity index (χ3v) is 3.98. The largest absolute Gasteiger partial charge is 0.454 e. The van der Waals surface area contributed by atoms with Crippen LogP contribution >= 0.6 is 0 Å². The summed E-state index contributed by atoms with van der Waals surface area (Å²) in [7, 11) is 1.93. The zero-order chi connectivity index (χ0) is 16.9. The van der Waals surface area contributed by atoms with Gasteiger partial charge in [-0.15, -0.1) is 0 Å². The predicted molar refractivity (Wildman–Crippen MR) is 91.9 cm³/mol. The highest BCUT2D eigenvalue weighted by Gasteiger charge is 2.15. The van der Waals surface area contributed by atoms with Crippen molar-refractivity contribution < 1.29 is 14.3 Å². The normalized spacial score (nSPS) is 13.8. The van der Waals surface area contributed by atoms with Crippen molar-refractivity contribution >= 4 is 5.91 Å². The number of likely N-dealkylation sites (N-methyl/N-ethyl adjacent to an activating group) is 1. The van der Waals surface area contributed by atoms with Crippen molar-refractivity contribution in [3.8, 4) is 11.5 Å². The minimum Gasteiger partial charge on any atom is -0.454 e. The summed E-state index contributed by atoms with van der Waals surface area (Å²) >= 11 is 0. The van der Waals surface area contributed by atoms with Gasteiger partial charge in [0.15, 0.2) is 11.5 Å². The van der Waals surface area contributed by atoms with Crippen molar-refractivity contribution in [2.75, 3.05) is 20.4 Å². The van der Waals surface area contributed by atoms with E-state index in [1.807, 2.05) is 67.4 Å². The number of ether oxygens (including phenoxy) is 2. The highest BCUT2D eigenvalue weighted by molar-refractivity contribution is 5.78. The van der Waals surface area contributed by atoms with Crippen LogP contribution in [0.3, 0.4) is 0 Å². The Balaban J connectivity index is 1.51. The summed E-state index contributed by atoms with van der Waals surface area (Å²) in [6.07, 6.45) is 0. The predicted octanol–water partition coefficient (Wildman–Crippen LogP) is 2.72. The van der Waals surface area contributed by atoms with Crippen molar-refractivity contribution in [3.05, 3.63) is 59.7 Å². The summed E-state index contributed by atoms with van der Waals surface area (Å²) in [5.74, 6) is 1.55. The molecule has 2 aromatic rings. The molecule has 1 unspecified atom stereocenters. The molecule has 0 saturated carbocycles. The van der Waals surface area contributed by atoms with E-state index in [1.54, 1.807) is 0 Å². The number of hydrogen-bond donors (Lipinski definition) is 1. The lowest BCUT2D eigenvalue weighted by molar-refractivity contribution is -0.122. The fourth-order valence-electron chi connectivity index (χ4n) is 2.76. The fourth-order valence-corrected chi connectivity index (χ4v) is 2.76. The van der Waals surface area contributed by atoms with E-state index in [1.165, 1.54) is 0 Å². The van der Waals surface area contributed by atoms with Gasteiger partial charge in [-0.1, -0.05) is 36.4 Å². The van der Waals surface area contributed by atoms with Gasteiger partial charge in [0.05, 0.1) is 12.6 Å². The van der Waals surface area contributed by atoms with Crippen LogP contribution in [0, 0.1) is 0 Å². The van der Waals surface area contributed by atoms with Gasteiger partial charge in [0.2, 0.25) is 12.7 Å². The molecule has 0 radical (unpaired) electrons. The molecule has 0 aliphatic carbocycles. The second-order valence-corrected chi connectivity index (χ2v) is 6.06. The van der Waals surface area contributed by atoms with E-state index >= 15 is 0 Å². The Morgan fingerprint density at radius 1 is 1.17 bits per heavy atom. The van der Waals surface area contributed by atoms with Crippen molar-refractivity contribution in [2.45, 2.75) is 19.5 Å². The van der Waals surface area contributed by atoms with Crippen LogP contribution in [0.4, 0.5) is 0 Å². The first-order valence-electron chi connectivity index (χ1n) is 8.03. The Hall–Kier alpha value is -2.53. The number of carbonyl (C=O) groups excluding carboxylic acids is 1. The lowest BCUT2D eigenvalue weighted by Crippen LogP contribution is -2.36. The highest BCUT2D eigenvalue weighted by atomic mass is 16.7. The molecule has 1 heterocycles. The minimum absolute atomic E-state index is 0.00218. The van der Waals surface area contributed by atoms with Crippen LogP contribution in [0.2, 0.25) is 0 Å². The molecular formula is C19H22N2O3. The van der Waals surface area contributed by atoms with Gasteiger partial charge in [0, 0.05) is 6.54 Å². The molecule has 1 atom stereocenters. The number of amides is 1. The molecule has 0 bridgehead atoms. The molecular weight excluding hydrogens is 304 g/mol. The van der Waals surface area contributed by atoms with Crippen molar-refractivity contribution in [3.63, 3.8) is 0 Å². The third-order valence-electron chi connectivity index (χ3n) is 3.98. The van der Waals surface area contributed by atoms with Gasteiger partial charge in [0.25, 0.3) is 0 Å². The zero-order valence-corrected chi connectivity index (χ0v) is 14.0. The number of benzene rings is 2. The maximum absolute atomic E-state index is 12.2. The second kappa shape index (κ2) is 7.36. The maximum atomic E-state index is 12.2. The number of carbonyl (C=O) groups is 1. The average Bonchev–Trinajstić information content (AvgIpc) is 3.03. The first kappa shape index (κ1) is 16.3. The number of nitrogens with zero attached hydrogens (tertiary/aromatic N) is 1. The molecule has 0 aromatic heterocycles. The highest BCUT2D eigenvalue weighted by Crippen LogP contribution is 2.32. The summed E-state index contributed by atoms with van der Waals surface area (Å²) in [5.41, 5.74) is 2.19. The standard InChI is InChI=1S/C19H22N2O3/c1-14(16-6-4-3-5-7-16)20-19(22)12-21(2)11-15-8-9-17-18(10-15)24-13-23-17/h3-10,14H,11-13H2,1-2H3,(H,20,22). The van der Waals surface area contributed by atoms with E-state index in [2.05, 4.69) is 5.32 Å². The van der Waals surface area contributed by atoms with Crippen LogP contribution < -0.4 is 14.8 Å². The molecule has 1 N–H and O–H groups in total. The van der Waals surface area contributed by atoms with Gasteiger partial charge in [-0.2, -0.15) is 0 Å². The number of rotatable bonds is 6. The van der Waals surface area contributed by atoms with Gasteiger partial charge in [-0.05, 0) is 37.2 Å². The molecule has 5 heteroatoms. The van der Waals surface area contributed by atoms with Crippen molar-refractivity contribution in [1.29, 1.82) is 0 Å². The molecule has 0 saturated heterocycles. The Morgan fingerprint density at radius 3 is 2.71 bits per heavy atom. The Bertz CT molecular complexity index is 703. The summed E-state index contributed by atoms with van der Waals surface area (Å²) in [6.45, 7) is 3.27. The first-order valence-corrected chi connectivity index (χ1v) is 8.03. The number of nitrogens with one attached hydrogen (secondary N) is 1. The maximum Gasteiger partial charge on any atom is 0.234 e. The van der Waals surface area contributed by atoms with Crippen LogP contribution in [0.5, 0.6) is 11.5 Å². The van der Waals surface area contributed by atoms with E-state index in [-0.39, 0.29) is 18.7 Å². The SMILES string of the molecule is CC(NC(=O)CN(C)Cc1ccc2c(c1)OCO2)c1ccccc1. The molecule has 1 amide bonds. The summed E-state index contributed by atoms with van der Waals surface area (Å²) in [6, 6.07) is 15.8. The lowest BCUT2D eigenvalue weighted by atomic mass is 10.1.